The Bertz CT molecular complexity index is 741. The standard InChI is InChI=1S/C22H31N3O3S/c1-3-16-27-21(26)24-10-8-22(9-11-24)7-6-18-17-19(4-5-20(18)28-22)23-12-14-25(29-2)15-13-23/h3-5,17H,1,6-16H2,2H3. The van der Waals surface area contributed by atoms with E-state index in [-0.39, 0.29) is 18.3 Å². The van der Waals surface area contributed by atoms with Crippen LogP contribution in [0.2, 0.25) is 0 Å². The number of likely N-dealkylation sites (tertiary alicyclic amines) is 1. The van der Waals surface area contributed by atoms with Crippen LogP contribution in [0.15, 0.2) is 30.9 Å². The number of benzene rings is 1. The number of hydrogen-bond acceptors (Lipinski definition) is 6. The van der Waals surface area contributed by atoms with Crippen LogP contribution in [0, 0.1) is 0 Å². The molecule has 2 saturated heterocycles. The zero-order valence-corrected chi connectivity index (χ0v) is 18.1. The molecule has 0 N–H and O–H groups in total. The summed E-state index contributed by atoms with van der Waals surface area (Å²) in [6.07, 6.45) is 7.26. The summed E-state index contributed by atoms with van der Waals surface area (Å²) in [5, 5.41) is 0. The van der Waals surface area contributed by atoms with E-state index in [1.54, 1.807) is 11.0 Å². The van der Waals surface area contributed by atoms with Crippen molar-refractivity contribution in [1.29, 1.82) is 0 Å². The molecule has 0 aromatic heterocycles. The van der Waals surface area contributed by atoms with Gasteiger partial charge >= 0.3 is 6.09 Å². The Hall–Kier alpha value is -1.86. The van der Waals surface area contributed by atoms with E-state index in [4.69, 9.17) is 9.47 Å². The Labute approximate surface area is 177 Å². The van der Waals surface area contributed by atoms with Crippen molar-refractivity contribution in [3.8, 4) is 5.75 Å². The number of piperazine rings is 1. The van der Waals surface area contributed by atoms with E-state index >= 15 is 0 Å². The van der Waals surface area contributed by atoms with Crippen molar-refractivity contribution in [3.63, 3.8) is 0 Å². The van der Waals surface area contributed by atoms with Crippen molar-refractivity contribution >= 4 is 23.7 Å². The predicted octanol–water partition coefficient (Wildman–Crippen LogP) is 3.57. The van der Waals surface area contributed by atoms with Crippen molar-refractivity contribution in [2.75, 3.05) is 57.0 Å². The summed E-state index contributed by atoms with van der Waals surface area (Å²) in [5.74, 6) is 1.02. The molecule has 1 spiro atoms. The van der Waals surface area contributed by atoms with Crippen LogP contribution in [0.5, 0.6) is 5.75 Å². The number of ether oxygens (including phenoxy) is 2. The number of amides is 1. The number of carbonyl (C=O) groups excluding carboxylic acids is 1. The molecule has 6 nitrogen and oxygen atoms in total. The number of anilines is 1. The molecular formula is C22H31N3O3S. The molecular weight excluding hydrogens is 386 g/mol. The smallest absolute Gasteiger partial charge is 0.410 e. The maximum atomic E-state index is 12.1. The quantitative estimate of drug-likeness (QED) is 0.551. The van der Waals surface area contributed by atoms with E-state index in [2.05, 4.69) is 40.2 Å². The highest BCUT2D eigenvalue weighted by Crippen LogP contribution is 2.40. The van der Waals surface area contributed by atoms with Crippen LogP contribution in [0.25, 0.3) is 0 Å². The summed E-state index contributed by atoms with van der Waals surface area (Å²) in [5.41, 5.74) is 2.48. The third-order valence-corrected chi connectivity index (χ3v) is 7.22. The van der Waals surface area contributed by atoms with Gasteiger partial charge in [0.15, 0.2) is 0 Å². The molecule has 3 heterocycles. The van der Waals surface area contributed by atoms with Gasteiger partial charge in [-0.2, -0.15) is 0 Å². The summed E-state index contributed by atoms with van der Waals surface area (Å²) in [4.78, 5) is 16.3. The molecule has 4 rings (SSSR count). The molecule has 0 saturated carbocycles. The van der Waals surface area contributed by atoms with Crippen molar-refractivity contribution < 1.29 is 14.3 Å². The number of piperidine rings is 1. The van der Waals surface area contributed by atoms with Gasteiger partial charge < -0.3 is 19.3 Å². The lowest BCUT2D eigenvalue weighted by Crippen LogP contribution is -2.51. The van der Waals surface area contributed by atoms with Crippen molar-refractivity contribution in [1.82, 2.24) is 9.21 Å². The molecule has 3 aliphatic rings. The summed E-state index contributed by atoms with van der Waals surface area (Å²) in [6.45, 7) is 9.56. The van der Waals surface area contributed by atoms with E-state index in [1.807, 2.05) is 11.9 Å². The van der Waals surface area contributed by atoms with E-state index in [9.17, 15) is 4.79 Å². The highest BCUT2D eigenvalue weighted by atomic mass is 32.2. The second-order valence-electron chi connectivity index (χ2n) is 8.03. The number of nitrogens with zero attached hydrogens (tertiary/aromatic N) is 3. The molecule has 29 heavy (non-hydrogen) atoms. The normalized spacial score (nSPS) is 21.4. The molecule has 2 fully saturated rings. The molecule has 7 heteroatoms. The lowest BCUT2D eigenvalue weighted by atomic mass is 9.83. The maximum Gasteiger partial charge on any atom is 0.410 e. The van der Waals surface area contributed by atoms with Crippen LogP contribution < -0.4 is 9.64 Å². The number of hydrogen-bond donors (Lipinski definition) is 0. The fourth-order valence-electron chi connectivity index (χ4n) is 4.50. The van der Waals surface area contributed by atoms with Gasteiger partial charge in [-0.05, 0) is 42.9 Å². The molecule has 0 aliphatic carbocycles. The first-order valence-electron chi connectivity index (χ1n) is 10.5. The minimum atomic E-state index is -0.248. The number of rotatable bonds is 4. The first-order chi connectivity index (χ1) is 14.1. The van der Waals surface area contributed by atoms with Gasteiger partial charge in [-0.15, -0.1) is 0 Å². The molecule has 158 valence electrons. The van der Waals surface area contributed by atoms with Crippen molar-refractivity contribution in [2.45, 2.75) is 31.3 Å². The van der Waals surface area contributed by atoms with Gasteiger partial charge in [0.25, 0.3) is 0 Å². The summed E-state index contributed by atoms with van der Waals surface area (Å²) >= 11 is 1.83. The Kier molecular flexibility index (Phi) is 6.25. The first-order valence-corrected chi connectivity index (χ1v) is 11.7. The minimum Gasteiger partial charge on any atom is -0.487 e. The molecule has 1 aromatic rings. The summed E-state index contributed by atoms with van der Waals surface area (Å²) in [6, 6.07) is 6.67. The Balaban J connectivity index is 1.36. The van der Waals surface area contributed by atoms with E-state index in [1.165, 1.54) is 11.3 Å². The third kappa shape index (κ3) is 4.51. The average Bonchev–Trinajstić information content (AvgIpc) is 2.77. The van der Waals surface area contributed by atoms with Gasteiger partial charge in [0.2, 0.25) is 0 Å². The molecule has 0 unspecified atom stereocenters. The van der Waals surface area contributed by atoms with Gasteiger partial charge in [-0.25, -0.2) is 9.10 Å². The Morgan fingerprint density at radius 1 is 1.21 bits per heavy atom. The van der Waals surface area contributed by atoms with E-state index in [0.717, 1.165) is 57.6 Å². The molecule has 0 atom stereocenters. The van der Waals surface area contributed by atoms with Crippen LogP contribution >= 0.6 is 11.9 Å². The molecule has 1 aromatic carbocycles. The molecule has 0 bridgehead atoms. The molecule has 3 aliphatic heterocycles. The zero-order valence-electron chi connectivity index (χ0n) is 17.3. The lowest BCUT2D eigenvalue weighted by molar-refractivity contribution is -0.0133. The van der Waals surface area contributed by atoms with Crippen LogP contribution in [-0.2, 0) is 11.2 Å². The van der Waals surface area contributed by atoms with Gasteiger partial charge in [-0.3, -0.25) is 0 Å². The van der Waals surface area contributed by atoms with Gasteiger partial charge in [-0.1, -0.05) is 24.6 Å². The van der Waals surface area contributed by atoms with Crippen molar-refractivity contribution in [3.05, 3.63) is 36.4 Å². The molecule has 1 amide bonds. The Morgan fingerprint density at radius 3 is 2.66 bits per heavy atom. The van der Waals surface area contributed by atoms with Crippen LogP contribution in [0.4, 0.5) is 10.5 Å². The molecule has 0 radical (unpaired) electrons. The SMILES string of the molecule is C=CCOC(=O)N1CCC2(CCc3cc(N4CCN(SC)CC4)ccc3O2)CC1. The fraction of sp³-hybridized carbons (Fsp3) is 0.591. The summed E-state index contributed by atoms with van der Waals surface area (Å²) < 4.78 is 14.1. The maximum absolute atomic E-state index is 12.1. The Morgan fingerprint density at radius 2 is 1.97 bits per heavy atom. The van der Waals surface area contributed by atoms with Gasteiger partial charge in [0.1, 0.15) is 18.0 Å². The number of fused-ring (bicyclic) bond motifs is 1. The van der Waals surface area contributed by atoms with Crippen LogP contribution in [-0.4, -0.2) is 73.0 Å². The monoisotopic (exact) mass is 417 g/mol. The number of aryl methyl sites for hydroxylation is 1. The van der Waals surface area contributed by atoms with Crippen LogP contribution in [0.1, 0.15) is 24.8 Å². The van der Waals surface area contributed by atoms with Gasteiger partial charge in [0.05, 0.1) is 0 Å². The lowest BCUT2D eigenvalue weighted by Gasteiger charge is -2.44. The minimum absolute atomic E-state index is 0.145. The van der Waals surface area contributed by atoms with E-state index in [0.29, 0.717) is 13.1 Å². The topological polar surface area (TPSA) is 45.2 Å². The zero-order chi connectivity index (χ0) is 20.3. The second-order valence-corrected chi connectivity index (χ2v) is 8.91. The highest BCUT2D eigenvalue weighted by Gasteiger charge is 2.40. The van der Waals surface area contributed by atoms with Crippen LogP contribution in [0.3, 0.4) is 0 Å². The van der Waals surface area contributed by atoms with Gasteiger partial charge in [0, 0.05) is 57.8 Å². The van der Waals surface area contributed by atoms with E-state index < -0.39 is 0 Å². The fourth-order valence-corrected chi connectivity index (χ4v) is 5.03. The highest BCUT2D eigenvalue weighted by molar-refractivity contribution is 7.96. The third-order valence-electron chi connectivity index (χ3n) is 6.34. The number of carbonyl (C=O) groups is 1. The first kappa shape index (κ1) is 20.4. The predicted molar refractivity (Wildman–Crippen MR) is 118 cm³/mol. The summed E-state index contributed by atoms with van der Waals surface area (Å²) in [7, 11) is 0. The average molecular weight is 418 g/mol. The second kappa shape index (κ2) is 8.88. The largest absolute Gasteiger partial charge is 0.487 e. The van der Waals surface area contributed by atoms with Crippen molar-refractivity contribution in [2.24, 2.45) is 0 Å².